The molecule has 0 aliphatic rings. The largest absolute Gasteiger partial charge is 0.356 e. The fourth-order valence-corrected chi connectivity index (χ4v) is 1.75. The molecule has 0 aromatic rings. The smallest absolute Gasteiger partial charge is 0.238 e. The Balaban J connectivity index is 3.29. The molecule has 0 unspecified atom stereocenters. The Hall–Kier alpha value is -1.52. The van der Waals surface area contributed by atoms with E-state index >= 15 is 0 Å². The van der Waals surface area contributed by atoms with Crippen LogP contribution in [0.15, 0.2) is 12.3 Å². The summed E-state index contributed by atoms with van der Waals surface area (Å²) in [7, 11) is 0. The van der Waals surface area contributed by atoms with Crippen molar-refractivity contribution < 1.29 is 9.59 Å². The predicted octanol–water partition coefficient (Wildman–Crippen LogP) is 2.64. The van der Waals surface area contributed by atoms with Crippen LogP contribution >= 0.6 is 0 Å². The maximum absolute atomic E-state index is 11.4. The zero-order chi connectivity index (χ0) is 15.9. The second-order valence-corrected chi connectivity index (χ2v) is 5.71. The summed E-state index contributed by atoms with van der Waals surface area (Å²) in [6.07, 6.45) is 10.7. The van der Waals surface area contributed by atoms with Gasteiger partial charge in [0, 0.05) is 26.1 Å². The molecule has 21 heavy (non-hydrogen) atoms. The van der Waals surface area contributed by atoms with Gasteiger partial charge in [-0.25, -0.2) is 0 Å². The maximum atomic E-state index is 11.4. The van der Waals surface area contributed by atoms with Gasteiger partial charge in [0.2, 0.25) is 11.8 Å². The van der Waals surface area contributed by atoms with Crippen LogP contribution in [0.4, 0.5) is 0 Å². The average molecular weight is 297 g/mol. The summed E-state index contributed by atoms with van der Waals surface area (Å²) < 4.78 is 0. The van der Waals surface area contributed by atoms with Gasteiger partial charge >= 0.3 is 0 Å². The van der Waals surface area contributed by atoms with Crippen LogP contribution in [0.3, 0.4) is 0 Å². The van der Waals surface area contributed by atoms with Crippen LogP contribution in [0.2, 0.25) is 0 Å². The monoisotopic (exact) mass is 297 g/mol. The lowest BCUT2D eigenvalue weighted by atomic mass is 10.1. The van der Waals surface area contributed by atoms with E-state index in [9.17, 15) is 9.59 Å². The SMILES string of the molecule is CC(=O)NCCCCCCC=CNNC(=O)CCC(C)C. The lowest BCUT2D eigenvalue weighted by Crippen LogP contribution is -2.33. The molecule has 5 heteroatoms. The van der Waals surface area contributed by atoms with Crippen molar-refractivity contribution in [3.05, 3.63) is 12.3 Å². The predicted molar refractivity (Wildman–Crippen MR) is 86.3 cm³/mol. The highest BCUT2D eigenvalue weighted by Crippen LogP contribution is 2.03. The van der Waals surface area contributed by atoms with Crippen molar-refractivity contribution in [3.63, 3.8) is 0 Å². The molecule has 0 heterocycles. The first kappa shape index (κ1) is 19.5. The summed E-state index contributed by atoms with van der Waals surface area (Å²) in [6, 6.07) is 0. The molecule has 0 aromatic carbocycles. The van der Waals surface area contributed by atoms with Gasteiger partial charge in [0.25, 0.3) is 0 Å². The molecule has 0 rings (SSSR count). The van der Waals surface area contributed by atoms with Gasteiger partial charge in [-0.2, -0.15) is 0 Å². The average Bonchev–Trinajstić information content (AvgIpc) is 2.42. The van der Waals surface area contributed by atoms with Gasteiger partial charge in [-0.05, 0) is 31.6 Å². The Morgan fingerprint density at radius 2 is 1.81 bits per heavy atom. The lowest BCUT2D eigenvalue weighted by molar-refractivity contribution is -0.122. The van der Waals surface area contributed by atoms with Crippen LogP contribution in [-0.2, 0) is 9.59 Å². The molecule has 0 saturated heterocycles. The van der Waals surface area contributed by atoms with Crippen molar-refractivity contribution in [2.75, 3.05) is 6.54 Å². The Kier molecular flexibility index (Phi) is 12.5. The molecule has 3 N–H and O–H groups in total. The van der Waals surface area contributed by atoms with Crippen molar-refractivity contribution in [1.82, 2.24) is 16.2 Å². The Morgan fingerprint density at radius 3 is 2.48 bits per heavy atom. The standard InChI is InChI=1S/C16H31N3O2/c1-14(2)10-11-16(21)19-18-13-9-7-5-4-6-8-12-17-15(3)20/h9,13-14,18H,4-8,10-12H2,1-3H3,(H,17,20)(H,19,21). The Labute approximate surface area is 128 Å². The molecule has 0 aliphatic carbocycles. The molecule has 0 radical (unpaired) electrons. The highest BCUT2D eigenvalue weighted by Gasteiger charge is 2.00. The van der Waals surface area contributed by atoms with Gasteiger partial charge < -0.3 is 10.7 Å². The van der Waals surface area contributed by atoms with E-state index in [0.29, 0.717) is 12.3 Å². The van der Waals surface area contributed by atoms with Crippen LogP contribution in [0.25, 0.3) is 0 Å². The first-order valence-electron chi connectivity index (χ1n) is 7.96. The molecule has 0 saturated carbocycles. The highest BCUT2D eigenvalue weighted by molar-refractivity contribution is 5.75. The number of carbonyl (C=O) groups is 2. The van der Waals surface area contributed by atoms with Crippen LogP contribution < -0.4 is 16.2 Å². The van der Waals surface area contributed by atoms with Gasteiger partial charge in [-0.1, -0.05) is 32.8 Å². The second kappa shape index (κ2) is 13.5. The van der Waals surface area contributed by atoms with Gasteiger partial charge in [-0.15, -0.1) is 0 Å². The van der Waals surface area contributed by atoms with Crippen LogP contribution in [0, 0.1) is 5.92 Å². The van der Waals surface area contributed by atoms with Crippen LogP contribution in [0.1, 0.15) is 65.7 Å². The van der Waals surface area contributed by atoms with Gasteiger partial charge in [0.15, 0.2) is 0 Å². The van der Waals surface area contributed by atoms with E-state index in [4.69, 9.17) is 0 Å². The Bertz CT molecular complexity index is 315. The van der Waals surface area contributed by atoms with Gasteiger partial charge in [-0.3, -0.25) is 15.0 Å². The van der Waals surface area contributed by atoms with Crippen molar-refractivity contribution in [1.29, 1.82) is 0 Å². The molecular formula is C16H31N3O2. The van der Waals surface area contributed by atoms with Gasteiger partial charge in [0.05, 0.1) is 0 Å². The molecule has 0 bridgehead atoms. The number of nitrogens with one attached hydrogen (secondary N) is 3. The van der Waals surface area contributed by atoms with Crippen molar-refractivity contribution >= 4 is 11.8 Å². The lowest BCUT2D eigenvalue weighted by Gasteiger charge is -2.06. The summed E-state index contributed by atoms with van der Waals surface area (Å²) in [5.74, 6) is 0.628. The third-order valence-corrected chi connectivity index (χ3v) is 3.03. The molecule has 0 aromatic heterocycles. The van der Waals surface area contributed by atoms with Crippen molar-refractivity contribution in [3.8, 4) is 0 Å². The third-order valence-electron chi connectivity index (χ3n) is 3.03. The molecule has 0 fully saturated rings. The minimum absolute atomic E-state index is 0.0336. The fraction of sp³-hybridized carbons (Fsp3) is 0.750. The number of unbranched alkanes of at least 4 members (excludes halogenated alkanes) is 4. The minimum atomic E-state index is 0.0336. The molecule has 2 amide bonds. The number of hydrogen-bond acceptors (Lipinski definition) is 3. The number of rotatable bonds is 12. The summed E-state index contributed by atoms with van der Waals surface area (Å²) in [5.41, 5.74) is 5.46. The maximum Gasteiger partial charge on any atom is 0.238 e. The summed E-state index contributed by atoms with van der Waals surface area (Å²) in [5, 5.41) is 2.79. The number of allylic oxidation sites excluding steroid dienone is 1. The molecule has 0 spiro atoms. The van der Waals surface area contributed by atoms with E-state index in [1.165, 1.54) is 0 Å². The fourth-order valence-electron chi connectivity index (χ4n) is 1.75. The molecule has 0 atom stereocenters. The summed E-state index contributed by atoms with van der Waals surface area (Å²) >= 11 is 0. The van der Waals surface area contributed by atoms with Crippen LogP contribution in [-0.4, -0.2) is 18.4 Å². The van der Waals surface area contributed by atoms with E-state index in [1.807, 2.05) is 6.08 Å². The third kappa shape index (κ3) is 16.4. The van der Waals surface area contributed by atoms with Crippen LogP contribution in [0.5, 0.6) is 0 Å². The van der Waals surface area contributed by atoms with Crippen molar-refractivity contribution in [2.24, 2.45) is 5.92 Å². The second-order valence-electron chi connectivity index (χ2n) is 5.71. The minimum Gasteiger partial charge on any atom is -0.356 e. The van der Waals surface area contributed by atoms with E-state index in [1.54, 1.807) is 13.1 Å². The Morgan fingerprint density at radius 1 is 1.10 bits per heavy atom. The molecular weight excluding hydrogens is 266 g/mol. The van der Waals surface area contributed by atoms with E-state index < -0.39 is 0 Å². The van der Waals surface area contributed by atoms with Crippen molar-refractivity contribution in [2.45, 2.75) is 65.7 Å². The quantitative estimate of drug-likeness (QED) is 0.383. The normalized spacial score (nSPS) is 10.9. The highest BCUT2D eigenvalue weighted by atomic mass is 16.2. The number of hydrogen-bond donors (Lipinski definition) is 3. The molecule has 5 nitrogen and oxygen atoms in total. The van der Waals surface area contributed by atoms with E-state index in [2.05, 4.69) is 30.0 Å². The summed E-state index contributed by atoms with van der Waals surface area (Å²) in [4.78, 5) is 22.0. The zero-order valence-electron chi connectivity index (χ0n) is 13.7. The molecule has 122 valence electrons. The van der Waals surface area contributed by atoms with Gasteiger partial charge in [0.1, 0.15) is 0 Å². The first-order valence-corrected chi connectivity index (χ1v) is 7.96. The number of amides is 2. The van der Waals surface area contributed by atoms with E-state index in [-0.39, 0.29) is 11.8 Å². The number of hydrazine groups is 1. The topological polar surface area (TPSA) is 70.2 Å². The molecule has 0 aliphatic heterocycles. The first-order chi connectivity index (χ1) is 10.0. The number of carbonyl (C=O) groups excluding carboxylic acids is 2. The zero-order valence-corrected chi connectivity index (χ0v) is 13.7. The van der Waals surface area contributed by atoms with E-state index in [0.717, 1.165) is 45.1 Å². The summed E-state index contributed by atoms with van der Waals surface area (Å²) in [6.45, 7) is 6.53.